The Morgan fingerprint density at radius 2 is 1.94 bits per heavy atom. The third-order valence-corrected chi connectivity index (χ3v) is 1.69. The minimum Gasteiger partial charge on any atom is -0.398 e. The molecule has 0 aromatic carbocycles. The van der Waals surface area contributed by atoms with Gasteiger partial charge < -0.3 is 14.9 Å². The van der Waals surface area contributed by atoms with E-state index in [4.69, 9.17) is 0 Å². The molecule has 1 heterocycles. The van der Waals surface area contributed by atoms with Crippen LogP contribution in [0.3, 0.4) is 0 Å². The predicted molar refractivity (Wildman–Crippen MR) is 45.4 cm³/mol. The fourth-order valence-corrected chi connectivity index (χ4v) is 1.07. The van der Waals surface area contributed by atoms with E-state index < -0.39 is 40.3 Å². The van der Waals surface area contributed by atoms with Crippen molar-refractivity contribution >= 4 is 5.82 Å². The first-order chi connectivity index (χ1) is 8.13. The second-order valence-electron chi connectivity index (χ2n) is 2.85. The lowest BCUT2D eigenvalue weighted by atomic mass is 10.2. The second-order valence-corrected chi connectivity index (χ2v) is 2.85. The van der Waals surface area contributed by atoms with Crippen molar-refractivity contribution in [3.05, 3.63) is 32.1 Å². The van der Waals surface area contributed by atoms with E-state index >= 15 is 0 Å². The van der Waals surface area contributed by atoms with Crippen LogP contribution in [0.5, 0.6) is 5.75 Å². The standard InChI is InChI=1S/C7H3F5N2O4/c8-5(9)3-4(15)2(18-7(10,11)12)1-13-6(3)14(16)17/h1,5H,(H,13,15). The van der Waals surface area contributed by atoms with Gasteiger partial charge in [0.1, 0.15) is 6.20 Å². The average molecular weight is 274 g/mol. The summed E-state index contributed by atoms with van der Waals surface area (Å²) in [6, 6.07) is 0. The maximum atomic E-state index is 12.4. The zero-order valence-electron chi connectivity index (χ0n) is 8.12. The fraction of sp³-hybridized carbons (Fsp3) is 0.286. The Morgan fingerprint density at radius 1 is 1.39 bits per heavy atom. The number of aromatic amines is 1. The summed E-state index contributed by atoms with van der Waals surface area (Å²) in [5.41, 5.74) is -3.59. The van der Waals surface area contributed by atoms with Gasteiger partial charge in [-0.05, 0) is 4.92 Å². The van der Waals surface area contributed by atoms with Crippen LogP contribution in [0, 0.1) is 10.1 Å². The molecule has 0 amide bonds. The third kappa shape index (κ3) is 2.93. The molecule has 100 valence electrons. The molecule has 6 nitrogen and oxygen atoms in total. The van der Waals surface area contributed by atoms with E-state index in [1.807, 2.05) is 0 Å². The van der Waals surface area contributed by atoms with Gasteiger partial charge in [0, 0.05) is 0 Å². The molecule has 0 bridgehead atoms. The summed E-state index contributed by atoms with van der Waals surface area (Å²) >= 11 is 0. The Labute approximate surface area is 94.1 Å². The molecule has 1 aromatic heterocycles. The number of ether oxygens (including phenoxy) is 1. The number of pyridine rings is 1. The smallest absolute Gasteiger partial charge is 0.398 e. The van der Waals surface area contributed by atoms with Crippen LogP contribution in [0.15, 0.2) is 11.0 Å². The molecule has 1 aromatic rings. The maximum Gasteiger partial charge on any atom is 0.573 e. The highest BCUT2D eigenvalue weighted by Crippen LogP contribution is 2.27. The van der Waals surface area contributed by atoms with Crippen molar-refractivity contribution in [2.45, 2.75) is 12.8 Å². The summed E-state index contributed by atoms with van der Waals surface area (Å²) in [7, 11) is 0. The quantitative estimate of drug-likeness (QED) is 0.519. The monoisotopic (exact) mass is 274 g/mol. The van der Waals surface area contributed by atoms with Gasteiger partial charge in [-0.25, -0.2) is 13.8 Å². The number of nitrogens with zero attached hydrogens (tertiary/aromatic N) is 1. The van der Waals surface area contributed by atoms with Crippen LogP contribution in [-0.2, 0) is 0 Å². The Hall–Kier alpha value is -2.20. The first-order valence-electron chi connectivity index (χ1n) is 4.07. The number of nitro groups is 1. The van der Waals surface area contributed by atoms with Crippen molar-refractivity contribution in [2.24, 2.45) is 0 Å². The van der Waals surface area contributed by atoms with Crippen LogP contribution >= 0.6 is 0 Å². The highest BCUT2D eigenvalue weighted by molar-refractivity contribution is 5.38. The van der Waals surface area contributed by atoms with Gasteiger partial charge in [-0.1, -0.05) is 0 Å². The lowest BCUT2D eigenvalue weighted by Crippen LogP contribution is -2.24. The molecule has 0 saturated carbocycles. The predicted octanol–water partition coefficient (Wildman–Crippen LogP) is 2.12. The zero-order valence-corrected chi connectivity index (χ0v) is 8.12. The van der Waals surface area contributed by atoms with Gasteiger partial charge in [0.25, 0.3) is 6.43 Å². The summed E-state index contributed by atoms with van der Waals surface area (Å²) < 4.78 is 63.4. The number of rotatable bonds is 3. The van der Waals surface area contributed by atoms with Crippen molar-refractivity contribution in [2.75, 3.05) is 0 Å². The summed E-state index contributed by atoms with van der Waals surface area (Å²) in [6.45, 7) is 0. The second kappa shape index (κ2) is 4.58. The lowest BCUT2D eigenvalue weighted by Gasteiger charge is -2.08. The Morgan fingerprint density at radius 3 is 2.33 bits per heavy atom. The van der Waals surface area contributed by atoms with Gasteiger partial charge in [-0.2, -0.15) is 0 Å². The number of H-pyrrole nitrogens is 1. The van der Waals surface area contributed by atoms with Crippen LogP contribution in [0.4, 0.5) is 27.8 Å². The van der Waals surface area contributed by atoms with Crippen LogP contribution in [0.2, 0.25) is 0 Å². The zero-order chi connectivity index (χ0) is 14.1. The highest BCUT2D eigenvalue weighted by Gasteiger charge is 2.35. The van der Waals surface area contributed by atoms with Gasteiger partial charge >= 0.3 is 12.2 Å². The molecule has 0 unspecified atom stereocenters. The van der Waals surface area contributed by atoms with Gasteiger partial charge in [0.2, 0.25) is 11.2 Å². The SMILES string of the molecule is O=c1c(OC(F)(F)F)c[nH]c([N+](=O)[O-])c1C(F)F. The summed E-state index contributed by atoms with van der Waals surface area (Å²) in [5.74, 6) is -2.88. The van der Waals surface area contributed by atoms with E-state index in [-0.39, 0.29) is 6.20 Å². The molecular weight excluding hydrogens is 271 g/mol. The van der Waals surface area contributed by atoms with Crippen molar-refractivity contribution < 1.29 is 31.6 Å². The van der Waals surface area contributed by atoms with E-state index in [9.17, 15) is 36.9 Å². The van der Waals surface area contributed by atoms with Crippen LogP contribution < -0.4 is 10.2 Å². The van der Waals surface area contributed by atoms with Crippen LogP contribution in [0.1, 0.15) is 12.0 Å². The minimum absolute atomic E-state index is 0.194. The molecular formula is C7H3F5N2O4. The average Bonchev–Trinajstić information content (AvgIpc) is 2.17. The number of hydrogen-bond donors (Lipinski definition) is 1. The van der Waals surface area contributed by atoms with Gasteiger partial charge in [0.05, 0.1) is 0 Å². The molecule has 0 saturated heterocycles. The summed E-state index contributed by atoms with van der Waals surface area (Å²) in [4.78, 5) is 21.7. The van der Waals surface area contributed by atoms with Gasteiger partial charge in [-0.3, -0.25) is 4.79 Å². The van der Waals surface area contributed by atoms with E-state index in [0.29, 0.717) is 0 Å². The lowest BCUT2D eigenvalue weighted by molar-refractivity contribution is -0.391. The number of alkyl halides is 5. The molecule has 0 aliphatic rings. The van der Waals surface area contributed by atoms with Crippen LogP contribution in [-0.4, -0.2) is 16.3 Å². The number of hydrogen-bond acceptors (Lipinski definition) is 4. The number of halogens is 5. The minimum atomic E-state index is -5.28. The molecule has 0 aliphatic heterocycles. The van der Waals surface area contributed by atoms with Crippen molar-refractivity contribution in [1.82, 2.24) is 4.98 Å². The fourth-order valence-electron chi connectivity index (χ4n) is 1.07. The maximum absolute atomic E-state index is 12.4. The molecule has 11 heteroatoms. The number of aromatic nitrogens is 1. The van der Waals surface area contributed by atoms with E-state index in [1.54, 1.807) is 4.98 Å². The van der Waals surface area contributed by atoms with E-state index in [2.05, 4.69) is 4.74 Å². The first-order valence-corrected chi connectivity index (χ1v) is 4.07. The van der Waals surface area contributed by atoms with Crippen LogP contribution in [0.25, 0.3) is 0 Å². The van der Waals surface area contributed by atoms with Gasteiger partial charge in [-0.15, -0.1) is 13.2 Å². The van der Waals surface area contributed by atoms with Gasteiger partial charge in [0.15, 0.2) is 5.56 Å². The Kier molecular flexibility index (Phi) is 3.53. The number of nitrogens with one attached hydrogen (secondary N) is 1. The van der Waals surface area contributed by atoms with E-state index in [0.717, 1.165) is 0 Å². The third-order valence-electron chi connectivity index (χ3n) is 1.69. The molecule has 0 fully saturated rings. The Bertz CT molecular complexity index is 524. The molecule has 0 spiro atoms. The largest absolute Gasteiger partial charge is 0.573 e. The van der Waals surface area contributed by atoms with Crippen molar-refractivity contribution in [1.29, 1.82) is 0 Å². The molecule has 0 radical (unpaired) electrons. The normalized spacial score (nSPS) is 11.7. The molecule has 0 atom stereocenters. The topological polar surface area (TPSA) is 85.2 Å². The highest BCUT2D eigenvalue weighted by atomic mass is 19.4. The molecule has 18 heavy (non-hydrogen) atoms. The summed E-state index contributed by atoms with van der Waals surface area (Å²) in [5, 5.41) is 10.3. The molecule has 1 rings (SSSR count). The summed E-state index contributed by atoms with van der Waals surface area (Å²) in [6.07, 6.45) is -8.70. The van der Waals surface area contributed by atoms with Crippen molar-refractivity contribution in [3.8, 4) is 5.75 Å². The molecule has 1 N–H and O–H groups in total. The van der Waals surface area contributed by atoms with E-state index in [1.165, 1.54) is 0 Å². The first kappa shape index (κ1) is 13.9. The van der Waals surface area contributed by atoms with Crippen molar-refractivity contribution in [3.63, 3.8) is 0 Å². The Balaban J connectivity index is 3.40. The molecule has 0 aliphatic carbocycles.